The normalized spacial score (nSPS) is 10.8. The van der Waals surface area contributed by atoms with Crippen LogP contribution < -0.4 is 5.32 Å². The Bertz CT molecular complexity index is 1100. The standard InChI is InChI=1S/C21H18N4O/c1-14-4-3-11-25-13-19(24-20(14)25)21(26)23-18-7-5-16(6-8-18)17-9-10-22-15(2)12-17/h3-13H,1-2H3,(H,23,26). The summed E-state index contributed by atoms with van der Waals surface area (Å²) in [6, 6.07) is 15.7. The Morgan fingerprint density at radius 1 is 1.04 bits per heavy atom. The summed E-state index contributed by atoms with van der Waals surface area (Å²) >= 11 is 0. The number of nitrogens with one attached hydrogen (secondary N) is 1. The first-order valence-corrected chi connectivity index (χ1v) is 8.39. The molecule has 0 unspecified atom stereocenters. The lowest BCUT2D eigenvalue weighted by molar-refractivity contribution is 0.102. The number of aryl methyl sites for hydroxylation is 2. The highest BCUT2D eigenvalue weighted by Crippen LogP contribution is 2.22. The molecule has 0 aliphatic carbocycles. The molecule has 26 heavy (non-hydrogen) atoms. The van der Waals surface area contributed by atoms with Crippen molar-refractivity contribution in [2.45, 2.75) is 13.8 Å². The van der Waals surface area contributed by atoms with Crippen molar-refractivity contribution in [2.24, 2.45) is 0 Å². The van der Waals surface area contributed by atoms with E-state index in [0.29, 0.717) is 5.69 Å². The first-order chi connectivity index (χ1) is 12.6. The SMILES string of the molecule is Cc1cc(-c2ccc(NC(=O)c3cn4cccc(C)c4n3)cc2)ccn1. The van der Waals surface area contributed by atoms with Crippen LogP contribution in [0.1, 0.15) is 21.7 Å². The third kappa shape index (κ3) is 3.07. The summed E-state index contributed by atoms with van der Waals surface area (Å²) in [7, 11) is 0. The smallest absolute Gasteiger partial charge is 0.275 e. The molecule has 1 amide bonds. The molecule has 1 aromatic carbocycles. The minimum atomic E-state index is -0.222. The zero-order chi connectivity index (χ0) is 18.1. The molecule has 128 valence electrons. The fourth-order valence-electron chi connectivity index (χ4n) is 2.93. The van der Waals surface area contributed by atoms with Gasteiger partial charge in [-0.3, -0.25) is 9.78 Å². The number of hydrogen-bond acceptors (Lipinski definition) is 3. The zero-order valence-corrected chi connectivity index (χ0v) is 14.6. The van der Waals surface area contributed by atoms with Crippen molar-refractivity contribution >= 4 is 17.2 Å². The highest BCUT2D eigenvalue weighted by Gasteiger charge is 2.12. The second kappa shape index (κ2) is 6.44. The number of hydrogen-bond donors (Lipinski definition) is 1. The number of imidazole rings is 1. The summed E-state index contributed by atoms with van der Waals surface area (Å²) in [5.41, 5.74) is 6.11. The van der Waals surface area contributed by atoms with Gasteiger partial charge in [0.05, 0.1) is 0 Å². The molecular formula is C21H18N4O. The number of carbonyl (C=O) groups is 1. The Kier molecular flexibility index (Phi) is 3.97. The lowest BCUT2D eigenvalue weighted by Gasteiger charge is -2.06. The van der Waals surface area contributed by atoms with E-state index in [1.165, 1.54) is 0 Å². The third-order valence-corrected chi connectivity index (χ3v) is 4.28. The molecule has 0 aliphatic rings. The van der Waals surface area contributed by atoms with Gasteiger partial charge in [0.2, 0.25) is 0 Å². The molecule has 0 aliphatic heterocycles. The van der Waals surface area contributed by atoms with Gasteiger partial charge in [-0.1, -0.05) is 18.2 Å². The molecule has 4 rings (SSSR count). The molecule has 3 heterocycles. The summed E-state index contributed by atoms with van der Waals surface area (Å²) in [6.07, 6.45) is 5.43. The maximum absolute atomic E-state index is 12.5. The maximum atomic E-state index is 12.5. The second-order valence-electron chi connectivity index (χ2n) is 6.27. The number of fused-ring (bicyclic) bond motifs is 1. The van der Waals surface area contributed by atoms with Crippen LogP contribution in [0.15, 0.2) is 67.1 Å². The number of amides is 1. The Hall–Kier alpha value is -3.47. The van der Waals surface area contributed by atoms with Crippen molar-refractivity contribution in [1.29, 1.82) is 0 Å². The molecular weight excluding hydrogens is 324 g/mol. The van der Waals surface area contributed by atoms with Crippen LogP contribution in [0, 0.1) is 13.8 Å². The largest absolute Gasteiger partial charge is 0.321 e. The van der Waals surface area contributed by atoms with Crippen LogP contribution in [-0.2, 0) is 0 Å². The van der Waals surface area contributed by atoms with E-state index in [-0.39, 0.29) is 5.91 Å². The van der Waals surface area contributed by atoms with Crippen molar-refractivity contribution in [3.8, 4) is 11.1 Å². The molecule has 0 fully saturated rings. The topological polar surface area (TPSA) is 59.3 Å². The number of benzene rings is 1. The monoisotopic (exact) mass is 342 g/mol. The van der Waals surface area contributed by atoms with E-state index < -0.39 is 0 Å². The molecule has 5 nitrogen and oxygen atoms in total. The molecule has 3 aromatic heterocycles. The number of nitrogens with zero attached hydrogens (tertiary/aromatic N) is 3. The fourth-order valence-corrected chi connectivity index (χ4v) is 2.93. The minimum Gasteiger partial charge on any atom is -0.321 e. The van der Waals surface area contributed by atoms with Crippen molar-refractivity contribution in [3.05, 3.63) is 84.1 Å². The molecule has 4 aromatic rings. The van der Waals surface area contributed by atoms with E-state index in [9.17, 15) is 4.79 Å². The van der Waals surface area contributed by atoms with Crippen molar-refractivity contribution in [3.63, 3.8) is 0 Å². The first kappa shape index (κ1) is 16.0. The number of aromatic nitrogens is 3. The minimum absolute atomic E-state index is 0.222. The van der Waals surface area contributed by atoms with E-state index in [1.54, 1.807) is 12.4 Å². The summed E-state index contributed by atoms with van der Waals surface area (Å²) in [6.45, 7) is 3.94. The summed E-state index contributed by atoms with van der Waals surface area (Å²) in [5.74, 6) is -0.222. The average Bonchev–Trinajstić information content (AvgIpc) is 3.08. The van der Waals surface area contributed by atoms with Gasteiger partial charge in [0.15, 0.2) is 0 Å². The van der Waals surface area contributed by atoms with Gasteiger partial charge in [-0.15, -0.1) is 0 Å². The summed E-state index contributed by atoms with van der Waals surface area (Å²) in [4.78, 5) is 21.1. The molecule has 0 saturated carbocycles. The van der Waals surface area contributed by atoms with E-state index in [4.69, 9.17) is 0 Å². The average molecular weight is 342 g/mol. The Morgan fingerprint density at radius 2 is 1.85 bits per heavy atom. The highest BCUT2D eigenvalue weighted by molar-refractivity contribution is 6.03. The third-order valence-electron chi connectivity index (χ3n) is 4.28. The van der Waals surface area contributed by atoms with Gasteiger partial charge in [0.1, 0.15) is 11.3 Å². The van der Waals surface area contributed by atoms with Crippen LogP contribution >= 0.6 is 0 Å². The van der Waals surface area contributed by atoms with Crippen molar-refractivity contribution < 1.29 is 4.79 Å². The fraction of sp³-hybridized carbons (Fsp3) is 0.0952. The number of rotatable bonds is 3. The molecule has 0 bridgehead atoms. The van der Waals surface area contributed by atoms with Gasteiger partial charge in [-0.05, 0) is 60.9 Å². The van der Waals surface area contributed by atoms with Crippen LogP contribution in [0.4, 0.5) is 5.69 Å². The van der Waals surface area contributed by atoms with E-state index in [2.05, 4.69) is 15.3 Å². The molecule has 0 spiro atoms. The summed E-state index contributed by atoms with van der Waals surface area (Å²) < 4.78 is 1.86. The number of anilines is 1. The second-order valence-corrected chi connectivity index (χ2v) is 6.27. The van der Waals surface area contributed by atoms with Gasteiger partial charge in [-0.25, -0.2) is 4.98 Å². The van der Waals surface area contributed by atoms with Crippen molar-refractivity contribution in [2.75, 3.05) is 5.32 Å². The van der Waals surface area contributed by atoms with Gasteiger partial charge >= 0.3 is 0 Å². The molecule has 1 N–H and O–H groups in total. The lowest BCUT2D eigenvalue weighted by atomic mass is 10.1. The maximum Gasteiger partial charge on any atom is 0.275 e. The van der Waals surface area contributed by atoms with Crippen molar-refractivity contribution in [1.82, 2.24) is 14.4 Å². The Balaban J connectivity index is 1.54. The van der Waals surface area contributed by atoms with Crippen LogP contribution in [-0.4, -0.2) is 20.3 Å². The van der Waals surface area contributed by atoms with E-state index in [0.717, 1.165) is 33.7 Å². The van der Waals surface area contributed by atoms with Gasteiger partial charge in [0, 0.05) is 30.0 Å². The van der Waals surface area contributed by atoms with Gasteiger partial charge < -0.3 is 9.72 Å². The Labute approximate surface area is 151 Å². The van der Waals surface area contributed by atoms with E-state index in [1.807, 2.05) is 73.0 Å². The number of pyridine rings is 2. The van der Waals surface area contributed by atoms with Gasteiger partial charge in [-0.2, -0.15) is 0 Å². The molecule has 0 atom stereocenters. The Morgan fingerprint density at radius 3 is 2.58 bits per heavy atom. The first-order valence-electron chi connectivity index (χ1n) is 8.39. The van der Waals surface area contributed by atoms with Crippen LogP contribution in [0.25, 0.3) is 16.8 Å². The predicted molar refractivity (Wildman–Crippen MR) is 102 cm³/mol. The van der Waals surface area contributed by atoms with Crippen LogP contribution in [0.2, 0.25) is 0 Å². The predicted octanol–water partition coefficient (Wildman–Crippen LogP) is 4.27. The highest BCUT2D eigenvalue weighted by atomic mass is 16.1. The molecule has 5 heteroatoms. The molecule has 0 saturated heterocycles. The zero-order valence-electron chi connectivity index (χ0n) is 14.6. The molecule has 0 radical (unpaired) electrons. The quantitative estimate of drug-likeness (QED) is 0.605. The lowest BCUT2D eigenvalue weighted by Crippen LogP contribution is -2.12. The van der Waals surface area contributed by atoms with E-state index >= 15 is 0 Å². The van der Waals surface area contributed by atoms with Gasteiger partial charge in [0.25, 0.3) is 5.91 Å². The van der Waals surface area contributed by atoms with Crippen LogP contribution in [0.5, 0.6) is 0 Å². The number of carbonyl (C=O) groups excluding carboxylic acids is 1. The summed E-state index contributed by atoms with van der Waals surface area (Å²) in [5, 5.41) is 2.90. The van der Waals surface area contributed by atoms with Crippen LogP contribution in [0.3, 0.4) is 0 Å².